The van der Waals surface area contributed by atoms with E-state index in [1.165, 1.54) is 26.2 Å². The molecule has 0 radical (unpaired) electrons. The lowest BCUT2D eigenvalue weighted by atomic mass is 10.1. The first-order valence-corrected chi connectivity index (χ1v) is 7.33. The molecule has 1 aromatic carbocycles. The minimum Gasteiger partial charge on any atom is -0.493 e. The molecule has 1 fully saturated rings. The van der Waals surface area contributed by atoms with Crippen LogP contribution >= 0.6 is 0 Å². The van der Waals surface area contributed by atoms with Crippen molar-refractivity contribution in [3.8, 4) is 17.2 Å². The van der Waals surface area contributed by atoms with E-state index < -0.39 is 12.0 Å². The Kier molecular flexibility index (Phi) is 5.31. The third kappa shape index (κ3) is 3.49. The minimum absolute atomic E-state index is 0.0838. The Morgan fingerprint density at radius 3 is 2.26 bits per heavy atom. The first-order valence-electron chi connectivity index (χ1n) is 7.33. The van der Waals surface area contributed by atoms with Crippen LogP contribution < -0.4 is 14.2 Å². The van der Waals surface area contributed by atoms with Crippen molar-refractivity contribution >= 4 is 11.9 Å². The number of rotatable bonds is 6. The SMILES string of the molecule is COc1cc(CC(=O)N2CCCC2C(=O)O)cc(OC)c1OC. The van der Waals surface area contributed by atoms with E-state index in [1.807, 2.05) is 0 Å². The van der Waals surface area contributed by atoms with Crippen LogP contribution in [0.4, 0.5) is 0 Å². The van der Waals surface area contributed by atoms with Crippen molar-refractivity contribution < 1.29 is 28.9 Å². The molecule has 0 bridgehead atoms. The molecule has 1 aliphatic heterocycles. The molecule has 2 rings (SSSR count). The number of methoxy groups -OCH3 is 3. The molecule has 1 atom stereocenters. The molecule has 7 nitrogen and oxygen atoms in total. The van der Waals surface area contributed by atoms with Crippen molar-refractivity contribution in [2.45, 2.75) is 25.3 Å². The highest BCUT2D eigenvalue weighted by Gasteiger charge is 2.33. The second-order valence-electron chi connectivity index (χ2n) is 5.29. The van der Waals surface area contributed by atoms with Gasteiger partial charge in [0.2, 0.25) is 11.7 Å². The van der Waals surface area contributed by atoms with Gasteiger partial charge in [0.25, 0.3) is 0 Å². The highest BCUT2D eigenvalue weighted by Crippen LogP contribution is 2.38. The van der Waals surface area contributed by atoms with E-state index in [0.29, 0.717) is 42.2 Å². The van der Waals surface area contributed by atoms with Gasteiger partial charge in [0, 0.05) is 6.54 Å². The number of nitrogens with zero attached hydrogens (tertiary/aromatic N) is 1. The maximum Gasteiger partial charge on any atom is 0.326 e. The van der Waals surface area contributed by atoms with Crippen LogP contribution in [0.2, 0.25) is 0 Å². The molecule has 23 heavy (non-hydrogen) atoms. The molecule has 0 spiro atoms. The van der Waals surface area contributed by atoms with E-state index in [4.69, 9.17) is 14.2 Å². The summed E-state index contributed by atoms with van der Waals surface area (Å²) >= 11 is 0. The molecule has 0 saturated carbocycles. The number of carbonyl (C=O) groups excluding carboxylic acids is 1. The topological polar surface area (TPSA) is 85.3 Å². The Morgan fingerprint density at radius 1 is 1.17 bits per heavy atom. The molecule has 1 N–H and O–H groups in total. The number of aliphatic carboxylic acids is 1. The van der Waals surface area contributed by atoms with Gasteiger partial charge >= 0.3 is 5.97 Å². The first-order chi connectivity index (χ1) is 11.0. The van der Waals surface area contributed by atoms with Gasteiger partial charge in [0.05, 0.1) is 27.8 Å². The second-order valence-corrected chi connectivity index (χ2v) is 5.29. The van der Waals surface area contributed by atoms with Crippen LogP contribution in [0, 0.1) is 0 Å². The summed E-state index contributed by atoms with van der Waals surface area (Å²) in [5, 5.41) is 9.18. The quantitative estimate of drug-likeness (QED) is 0.850. The van der Waals surface area contributed by atoms with Crippen molar-refractivity contribution in [3.05, 3.63) is 17.7 Å². The Morgan fingerprint density at radius 2 is 1.78 bits per heavy atom. The van der Waals surface area contributed by atoms with Crippen LogP contribution in [-0.2, 0) is 16.0 Å². The fourth-order valence-corrected chi connectivity index (χ4v) is 2.84. The Hall–Kier alpha value is -2.44. The fraction of sp³-hybridized carbons (Fsp3) is 0.500. The van der Waals surface area contributed by atoms with Crippen molar-refractivity contribution in [2.75, 3.05) is 27.9 Å². The van der Waals surface area contributed by atoms with Crippen LogP contribution in [0.3, 0.4) is 0 Å². The zero-order valence-corrected chi connectivity index (χ0v) is 13.5. The number of carbonyl (C=O) groups is 2. The van der Waals surface area contributed by atoms with Gasteiger partial charge < -0.3 is 24.2 Å². The van der Waals surface area contributed by atoms with Crippen LogP contribution in [0.1, 0.15) is 18.4 Å². The summed E-state index contributed by atoms with van der Waals surface area (Å²) in [5.74, 6) is 0.206. The third-order valence-corrected chi connectivity index (χ3v) is 3.94. The van der Waals surface area contributed by atoms with E-state index in [1.54, 1.807) is 12.1 Å². The zero-order valence-electron chi connectivity index (χ0n) is 13.5. The zero-order chi connectivity index (χ0) is 17.0. The van der Waals surface area contributed by atoms with Crippen molar-refractivity contribution in [3.63, 3.8) is 0 Å². The summed E-state index contributed by atoms with van der Waals surface area (Å²) in [6, 6.07) is 2.67. The number of hydrogen-bond donors (Lipinski definition) is 1. The molecule has 1 unspecified atom stereocenters. The molecule has 1 aromatic rings. The van der Waals surface area contributed by atoms with E-state index in [-0.39, 0.29) is 12.3 Å². The number of benzene rings is 1. The fourth-order valence-electron chi connectivity index (χ4n) is 2.84. The molecule has 7 heteroatoms. The number of likely N-dealkylation sites (tertiary alicyclic amines) is 1. The van der Waals surface area contributed by atoms with Gasteiger partial charge in [-0.3, -0.25) is 4.79 Å². The molecule has 1 heterocycles. The average Bonchev–Trinajstić information content (AvgIpc) is 3.03. The van der Waals surface area contributed by atoms with Crippen LogP contribution in [0.5, 0.6) is 17.2 Å². The van der Waals surface area contributed by atoms with E-state index in [9.17, 15) is 14.7 Å². The number of carboxylic acids is 1. The lowest BCUT2D eigenvalue weighted by molar-refractivity contribution is -0.148. The molecule has 0 aliphatic carbocycles. The summed E-state index contributed by atoms with van der Waals surface area (Å²) in [6.07, 6.45) is 1.29. The number of carboxylic acid groups (broad SMARTS) is 1. The third-order valence-electron chi connectivity index (χ3n) is 3.94. The number of amides is 1. The van der Waals surface area contributed by atoms with E-state index >= 15 is 0 Å². The number of ether oxygens (including phenoxy) is 3. The summed E-state index contributed by atoms with van der Waals surface area (Å²) < 4.78 is 15.8. The Labute approximate surface area is 134 Å². The predicted octanol–water partition coefficient (Wildman–Crippen LogP) is 1.33. The molecule has 1 amide bonds. The van der Waals surface area contributed by atoms with Gasteiger partial charge in [-0.25, -0.2) is 4.79 Å². The lowest BCUT2D eigenvalue weighted by Gasteiger charge is -2.22. The van der Waals surface area contributed by atoms with Gasteiger partial charge in [0.15, 0.2) is 11.5 Å². The molecule has 1 saturated heterocycles. The average molecular weight is 323 g/mol. The summed E-state index contributed by atoms with van der Waals surface area (Å²) in [7, 11) is 4.51. The molecule has 1 aliphatic rings. The standard InChI is InChI=1S/C16H21NO6/c1-21-12-7-10(8-13(22-2)15(12)23-3)9-14(18)17-6-4-5-11(17)16(19)20/h7-8,11H,4-6,9H2,1-3H3,(H,19,20). The van der Waals surface area contributed by atoms with Crippen molar-refractivity contribution in [1.29, 1.82) is 0 Å². The molecular formula is C16H21NO6. The van der Waals surface area contributed by atoms with Crippen molar-refractivity contribution in [1.82, 2.24) is 4.90 Å². The molecular weight excluding hydrogens is 302 g/mol. The van der Waals surface area contributed by atoms with Gasteiger partial charge in [-0.2, -0.15) is 0 Å². The van der Waals surface area contributed by atoms with Crippen LogP contribution in [0.15, 0.2) is 12.1 Å². The first kappa shape index (κ1) is 16.9. The molecule has 0 aromatic heterocycles. The minimum atomic E-state index is -0.958. The summed E-state index contributed by atoms with van der Waals surface area (Å²) in [5.41, 5.74) is 0.681. The van der Waals surface area contributed by atoms with Crippen LogP contribution in [0.25, 0.3) is 0 Å². The molecule has 126 valence electrons. The summed E-state index contributed by atoms with van der Waals surface area (Å²) in [6.45, 7) is 0.472. The van der Waals surface area contributed by atoms with Crippen LogP contribution in [-0.4, -0.2) is 55.8 Å². The maximum atomic E-state index is 12.4. The van der Waals surface area contributed by atoms with Crippen molar-refractivity contribution in [2.24, 2.45) is 0 Å². The van der Waals surface area contributed by atoms with Gasteiger partial charge in [-0.1, -0.05) is 0 Å². The second kappa shape index (κ2) is 7.21. The monoisotopic (exact) mass is 323 g/mol. The maximum absolute atomic E-state index is 12.4. The smallest absolute Gasteiger partial charge is 0.326 e. The largest absolute Gasteiger partial charge is 0.493 e. The van der Waals surface area contributed by atoms with E-state index in [2.05, 4.69) is 0 Å². The lowest BCUT2D eigenvalue weighted by Crippen LogP contribution is -2.41. The highest BCUT2D eigenvalue weighted by atomic mass is 16.5. The van der Waals surface area contributed by atoms with Gasteiger partial charge in [-0.15, -0.1) is 0 Å². The number of hydrogen-bond acceptors (Lipinski definition) is 5. The Bertz CT molecular complexity index is 575. The Balaban J connectivity index is 2.22. The predicted molar refractivity (Wildman–Crippen MR) is 82.2 cm³/mol. The van der Waals surface area contributed by atoms with Gasteiger partial charge in [0.1, 0.15) is 6.04 Å². The van der Waals surface area contributed by atoms with E-state index in [0.717, 1.165) is 0 Å². The van der Waals surface area contributed by atoms with Gasteiger partial charge in [-0.05, 0) is 30.5 Å². The summed E-state index contributed by atoms with van der Waals surface area (Å²) in [4.78, 5) is 25.1. The highest BCUT2D eigenvalue weighted by molar-refractivity contribution is 5.85. The normalized spacial score (nSPS) is 17.0.